The van der Waals surface area contributed by atoms with E-state index in [1.165, 1.54) is 0 Å². The molecule has 2 unspecified atom stereocenters. The Morgan fingerprint density at radius 2 is 1.29 bits per heavy atom. The lowest BCUT2D eigenvalue weighted by Crippen LogP contribution is -2.40. The Kier molecular flexibility index (Phi) is 13.0. The molecule has 10 nitrogen and oxygen atoms in total. The third kappa shape index (κ3) is 12.0. The van der Waals surface area contributed by atoms with Gasteiger partial charge < -0.3 is 28.8 Å². The fraction of sp³-hybridized carbons (Fsp3) is 0.630. The van der Waals surface area contributed by atoms with Crippen LogP contribution < -0.4 is 0 Å². The number of carbonyl (C=O) groups is 4. The maximum Gasteiger partial charge on any atom is 0.450 e. The van der Waals surface area contributed by atoms with Crippen molar-refractivity contribution in [1.29, 1.82) is 0 Å². The Hall–Kier alpha value is -2.05. The average Bonchev–Trinajstić information content (AvgIpc) is 3.88. The van der Waals surface area contributed by atoms with Gasteiger partial charge in [-0.15, -0.1) is 0 Å². The second-order valence-corrected chi connectivity index (χ2v) is 12.4. The van der Waals surface area contributed by atoms with Crippen LogP contribution in [0.15, 0.2) is 30.3 Å². The molecule has 0 amide bonds. The minimum Gasteiger partial charge on any atom is -0.461 e. The van der Waals surface area contributed by atoms with Crippen LogP contribution in [0.4, 0.5) is 0 Å². The van der Waals surface area contributed by atoms with Gasteiger partial charge in [0.2, 0.25) is 0 Å². The number of hydrogen-bond acceptors (Lipinski definition) is 10. The number of carbonyl (C=O) groups excluding carboxylic acids is 4. The van der Waals surface area contributed by atoms with Crippen molar-refractivity contribution in [3.8, 4) is 0 Å². The van der Waals surface area contributed by atoms with E-state index in [9.17, 15) is 19.2 Å². The summed E-state index contributed by atoms with van der Waals surface area (Å²) in [4.78, 5) is 44.6. The van der Waals surface area contributed by atoms with Gasteiger partial charge in [0.05, 0.1) is 31.7 Å². The zero-order valence-electron chi connectivity index (χ0n) is 22.6. The zero-order chi connectivity index (χ0) is 29.9. The lowest BCUT2D eigenvalue weighted by Gasteiger charge is -2.27. The Morgan fingerprint density at radius 3 is 1.71 bits per heavy atom. The third-order valence-electron chi connectivity index (χ3n) is 6.77. The molecule has 0 spiro atoms. The molecule has 2 atom stereocenters. The smallest absolute Gasteiger partial charge is 0.450 e. The Labute approximate surface area is 254 Å². The van der Waals surface area contributed by atoms with Crippen LogP contribution in [-0.4, -0.2) is 71.6 Å². The second kappa shape index (κ2) is 16.0. The van der Waals surface area contributed by atoms with E-state index in [2.05, 4.69) is 0 Å². The van der Waals surface area contributed by atoms with Crippen LogP contribution >= 0.6 is 34.4 Å². The summed E-state index contributed by atoms with van der Waals surface area (Å²) in [5, 5.41) is 9.13. The molecule has 1 aromatic rings. The van der Waals surface area contributed by atoms with E-state index in [4.69, 9.17) is 63.2 Å². The standard InChI is InChI=1S/C17H20O5.C10H14O5.BCl3/c18-15-8-9-17(22-15,12-21-16(19)14-6-7-14)11-20-10-13-4-2-1-3-5-13;11-5-10(4-3-8(12)15-10)6-14-9(13)7-1-2-7;2-1(3)4/h1-5,14H,6-12H2;7,11H,1-6H2;. The van der Waals surface area contributed by atoms with E-state index in [1.807, 2.05) is 30.3 Å². The van der Waals surface area contributed by atoms with Gasteiger partial charge >= 0.3 is 28.8 Å². The van der Waals surface area contributed by atoms with Crippen molar-refractivity contribution < 1.29 is 48.0 Å². The normalized spacial score (nSPS) is 24.6. The van der Waals surface area contributed by atoms with Crippen molar-refractivity contribution in [3.05, 3.63) is 35.9 Å². The molecule has 2 aliphatic carbocycles. The molecule has 41 heavy (non-hydrogen) atoms. The number of ether oxygens (including phenoxy) is 5. The van der Waals surface area contributed by atoms with Gasteiger partial charge in [0, 0.05) is 25.7 Å². The highest BCUT2D eigenvalue weighted by Gasteiger charge is 2.44. The van der Waals surface area contributed by atoms with Crippen LogP contribution in [-0.2, 0) is 49.5 Å². The highest BCUT2D eigenvalue weighted by molar-refractivity contribution is 7.54. The molecule has 2 saturated heterocycles. The third-order valence-corrected chi connectivity index (χ3v) is 6.77. The van der Waals surface area contributed by atoms with Crippen LogP contribution in [0.5, 0.6) is 0 Å². The molecular weight excluding hydrogens is 601 g/mol. The number of cyclic esters (lactones) is 2. The molecule has 0 bridgehead atoms. The van der Waals surface area contributed by atoms with Crippen LogP contribution in [0.2, 0.25) is 0 Å². The van der Waals surface area contributed by atoms with Crippen LogP contribution in [0.3, 0.4) is 0 Å². The van der Waals surface area contributed by atoms with E-state index < -0.39 is 16.2 Å². The van der Waals surface area contributed by atoms with Crippen molar-refractivity contribution in [3.63, 3.8) is 0 Å². The molecule has 4 aliphatic rings. The number of halogens is 3. The summed E-state index contributed by atoms with van der Waals surface area (Å²) in [5.74, 6) is -0.967. The highest BCUT2D eigenvalue weighted by atomic mass is 35.6. The van der Waals surface area contributed by atoms with Crippen LogP contribution in [0, 0.1) is 11.8 Å². The van der Waals surface area contributed by atoms with Crippen molar-refractivity contribution in [1.82, 2.24) is 0 Å². The molecule has 1 aromatic carbocycles. The number of benzene rings is 1. The first kappa shape index (κ1) is 33.5. The maximum atomic E-state index is 11.7. The molecule has 2 heterocycles. The van der Waals surface area contributed by atoms with E-state index in [1.54, 1.807) is 0 Å². The van der Waals surface area contributed by atoms with Gasteiger partial charge in [-0.1, -0.05) is 30.3 Å². The first-order valence-corrected chi connectivity index (χ1v) is 14.8. The number of aliphatic hydroxyl groups excluding tert-OH is 1. The van der Waals surface area contributed by atoms with Crippen molar-refractivity contribution >= 4 is 63.2 Å². The van der Waals surface area contributed by atoms with Crippen molar-refractivity contribution in [2.45, 2.75) is 69.2 Å². The first-order valence-electron chi connectivity index (χ1n) is 13.5. The van der Waals surface area contributed by atoms with Gasteiger partial charge in [-0.05, 0) is 31.2 Å². The summed E-state index contributed by atoms with van der Waals surface area (Å²) >= 11 is 14.4. The molecule has 0 radical (unpaired) electrons. The predicted molar refractivity (Wildman–Crippen MR) is 150 cm³/mol. The van der Waals surface area contributed by atoms with E-state index in [-0.39, 0.29) is 68.6 Å². The minimum atomic E-state index is -0.984. The fourth-order valence-electron chi connectivity index (χ4n) is 4.06. The average molecular weight is 636 g/mol. The van der Waals surface area contributed by atoms with E-state index in [0.717, 1.165) is 31.2 Å². The monoisotopic (exact) mass is 634 g/mol. The summed E-state index contributed by atoms with van der Waals surface area (Å²) in [5.41, 5.74) is -0.755. The molecule has 4 fully saturated rings. The Bertz CT molecular complexity index is 1030. The summed E-state index contributed by atoms with van der Waals surface area (Å²) in [6, 6.07) is 9.78. The molecule has 0 aromatic heterocycles. The second-order valence-electron chi connectivity index (χ2n) is 10.5. The molecule has 14 heteroatoms. The number of esters is 4. The minimum absolute atomic E-state index is 0.0232. The maximum absolute atomic E-state index is 11.7. The van der Waals surface area contributed by atoms with E-state index >= 15 is 0 Å². The Morgan fingerprint density at radius 1 is 0.829 bits per heavy atom. The molecular formula is C27H34BCl3O10. The molecule has 226 valence electrons. The van der Waals surface area contributed by atoms with Crippen molar-refractivity contribution in [2.24, 2.45) is 11.8 Å². The highest BCUT2D eigenvalue weighted by Crippen LogP contribution is 2.33. The van der Waals surface area contributed by atoms with Gasteiger partial charge in [0.25, 0.3) is 0 Å². The lowest BCUT2D eigenvalue weighted by molar-refractivity contribution is -0.170. The Balaban J connectivity index is 0.000000211. The summed E-state index contributed by atoms with van der Waals surface area (Å²) in [7, 11) is 0. The van der Waals surface area contributed by atoms with Gasteiger partial charge in [0.15, 0.2) is 11.2 Å². The quantitative estimate of drug-likeness (QED) is 0.217. The van der Waals surface area contributed by atoms with Crippen LogP contribution in [0.25, 0.3) is 0 Å². The topological polar surface area (TPSA) is 135 Å². The summed E-state index contributed by atoms with van der Waals surface area (Å²) in [6.45, 7) is 0.451. The fourth-order valence-corrected chi connectivity index (χ4v) is 4.06. The summed E-state index contributed by atoms with van der Waals surface area (Å²) < 4.78 is 26.4. The van der Waals surface area contributed by atoms with Crippen LogP contribution in [0.1, 0.15) is 56.9 Å². The van der Waals surface area contributed by atoms with Gasteiger partial charge in [-0.2, -0.15) is 34.4 Å². The van der Waals surface area contributed by atoms with Gasteiger partial charge in [-0.3, -0.25) is 19.2 Å². The lowest BCUT2D eigenvalue weighted by atomic mass is 10.0. The molecule has 1 N–H and O–H groups in total. The number of hydrogen-bond donors (Lipinski definition) is 1. The molecule has 5 rings (SSSR count). The van der Waals surface area contributed by atoms with Crippen molar-refractivity contribution in [2.75, 3.05) is 26.4 Å². The first-order chi connectivity index (χ1) is 19.6. The van der Waals surface area contributed by atoms with Gasteiger partial charge in [-0.25, -0.2) is 0 Å². The summed E-state index contributed by atoms with van der Waals surface area (Å²) in [6.07, 6.45) is 5.12. The number of rotatable bonds is 11. The predicted octanol–water partition coefficient (Wildman–Crippen LogP) is 3.93. The molecule has 2 saturated carbocycles. The van der Waals surface area contributed by atoms with E-state index in [0.29, 0.717) is 25.9 Å². The number of aliphatic hydroxyl groups is 1. The van der Waals surface area contributed by atoms with Gasteiger partial charge in [0.1, 0.15) is 13.2 Å². The molecule has 2 aliphatic heterocycles. The zero-order valence-corrected chi connectivity index (χ0v) is 24.8. The SMILES string of the molecule is ClB(Cl)Cl.O=C1CCC(CO)(COC(=O)C2CC2)O1.O=C1CCC(COCc2ccccc2)(COC(=O)C2CC2)O1. The largest absolute Gasteiger partial charge is 0.461 e.